The minimum atomic E-state index is -0.431. The van der Waals surface area contributed by atoms with Gasteiger partial charge in [0.25, 0.3) is 0 Å². The SMILES string of the molecule is CCOc1ccccc1[C@H]1C2=C(Nc3ncnn31)c1ccccc1O[C@@H]2c1ccc(OC)c(OC)c1. The summed E-state index contributed by atoms with van der Waals surface area (Å²) in [4.78, 5) is 4.51. The number of hydrogen-bond donors (Lipinski definition) is 1. The highest BCUT2D eigenvalue weighted by Gasteiger charge is 2.42. The van der Waals surface area contributed by atoms with Gasteiger partial charge in [-0.25, -0.2) is 4.68 Å². The summed E-state index contributed by atoms with van der Waals surface area (Å²) < 4.78 is 25.8. The molecule has 0 amide bonds. The molecule has 1 aromatic heterocycles. The highest BCUT2D eigenvalue weighted by Crippen LogP contribution is 2.52. The van der Waals surface area contributed by atoms with Crippen LogP contribution in [0.3, 0.4) is 0 Å². The maximum absolute atomic E-state index is 6.71. The van der Waals surface area contributed by atoms with E-state index in [0.717, 1.165) is 39.5 Å². The predicted molar refractivity (Wildman–Crippen MR) is 136 cm³/mol. The molecule has 8 nitrogen and oxygen atoms in total. The molecule has 0 bridgehead atoms. The van der Waals surface area contributed by atoms with Crippen molar-refractivity contribution in [2.75, 3.05) is 26.1 Å². The second-order valence-corrected chi connectivity index (χ2v) is 8.47. The Kier molecular flexibility index (Phi) is 5.48. The van der Waals surface area contributed by atoms with Crippen molar-refractivity contribution in [3.05, 3.63) is 95.3 Å². The first-order valence-electron chi connectivity index (χ1n) is 11.8. The third kappa shape index (κ3) is 3.45. The predicted octanol–water partition coefficient (Wildman–Crippen LogP) is 5.25. The number of para-hydroxylation sites is 2. The Morgan fingerprint density at radius 1 is 0.944 bits per heavy atom. The molecule has 6 rings (SSSR count). The summed E-state index contributed by atoms with van der Waals surface area (Å²) in [5, 5.41) is 8.13. The van der Waals surface area contributed by atoms with Gasteiger partial charge in [-0.3, -0.25) is 0 Å². The van der Waals surface area contributed by atoms with Gasteiger partial charge in [-0.15, -0.1) is 0 Å². The molecule has 0 saturated heterocycles. The molecular weight excluding hydrogens is 456 g/mol. The molecular formula is C28H26N4O4. The molecule has 3 heterocycles. The lowest BCUT2D eigenvalue weighted by atomic mass is 9.84. The van der Waals surface area contributed by atoms with Crippen molar-refractivity contribution in [3.8, 4) is 23.0 Å². The smallest absolute Gasteiger partial charge is 0.226 e. The first-order valence-corrected chi connectivity index (χ1v) is 11.8. The number of nitrogens with zero attached hydrogens (tertiary/aromatic N) is 3. The van der Waals surface area contributed by atoms with Gasteiger partial charge >= 0.3 is 0 Å². The van der Waals surface area contributed by atoms with Gasteiger partial charge < -0.3 is 24.3 Å². The first-order chi connectivity index (χ1) is 17.7. The van der Waals surface area contributed by atoms with Crippen LogP contribution in [0.4, 0.5) is 5.95 Å². The molecule has 0 fully saturated rings. The third-order valence-electron chi connectivity index (χ3n) is 6.55. The molecule has 2 aliphatic rings. The van der Waals surface area contributed by atoms with E-state index >= 15 is 0 Å². The quantitative estimate of drug-likeness (QED) is 0.402. The van der Waals surface area contributed by atoms with Crippen molar-refractivity contribution in [3.63, 3.8) is 0 Å². The number of hydrogen-bond acceptors (Lipinski definition) is 7. The third-order valence-corrected chi connectivity index (χ3v) is 6.55. The van der Waals surface area contributed by atoms with Crippen molar-refractivity contribution >= 4 is 11.6 Å². The Labute approximate surface area is 209 Å². The summed E-state index contributed by atoms with van der Waals surface area (Å²) >= 11 is 0. The van der Waals surface area contributed by atoms with Crippen LogP contribution in [0.25, 0.3) is 5.70 Å². The summed E-state index contributed by atoms with van der Waals surface area (Å²) in [5.41, 5.74) is 4.84. The fourth-order valence-electron chi connectivity index (χ4n) is 5.00. The van der Waals surface area contributed by atoms with Crippen molar-refractivity contribution in [1.29, 1.82) is 0 Å². The molecule has 3 aromatic carbocycles. The molecule has 8 heteroatoms. The van der Waals surface area contributed by atoms with E-state index in [1.165, 1.54) is 0 Å². The largest absolute Gasteiger partial charge is 0.494 e. The van der Waals surface area contributed by atoms with E-state index < -0.39 is 6.10 Å². The number of benzene rings is 3. The number of rotatable bonds is 6. The van der Waals surface area contributed by atoms with Crippen LogP contribution in [-0.2, 0) is 0 Å². The van der Waals surface area contributed by atoms with Gasteiger partial charge in [-0.2, -0.15) is 10.1 Å². The Hall–Kier alpha value is -4.46. The summed E-state index contributed by atoms with van der Waals surface area (Å²) in [6.45, 7) is 2.54. The zero-order chi connectivity index (χ0) is 24.6. The van der Waals surface area contributed by atoms with E-state index in [-0.39, 0.29) is 6.04 Å². The van der Waals surface area contributed by atoms with Gasteiger partial charge in [-0.05, 0) is 37.3 Å². The maximum Gasteiger partial charge on any atom is 0.226 e. The van der Waals surface area contributed by atoms with E-state index in [1.807, 2.05) is 66.2 Å². The minimum absolute atomic E-state index is 0.312. The van der Waals surface area contributed by atoms with Crippen LogP contribution in [0.1, 0.15) is 35.8 Å². The van der Waals surface area contributed by atoms with Gasteiger partial charge in [0, 0.05) is 22.3 Å². The highest BCUT2D eigenvalue weighted by atomic mass is 16.5. The Morgan fingerprint density at radius 2 is 1.75 bits per heavy atom. The number of ether oxygens (including phenoxy) is 4. The minimum Gasteiger partial charge on any atom is -0.494 e. The molecule has 2 aliphatic heterocycles. The molecule has 2 atom stereocenters. The summed E-state index contributed by atoms with van der Waals surface area (Å²) in [6, 6.07) is 21.6. The van der Waals surface area contributed by atoms with Gasteiger partial charge in [0.05, 0.1) is 26.5 Å². The number of anilines is 1. The maximum atomic E-state index is 6.71. The van der Waals surface area contributed by atoms with Crippen molar-refractivity contribution in [1.82, 2.24) is 14.8 Å². The average molecular weight is 483 g/mol. The lowest BCUT2D eigenvalue weighted by Crippen LogP contribution is -2.32. The number of aromatic nitrogens is 3. The monoisotopic (exact) mass is 482 g/mol. The van der Waals surface area contributed by atoms with Crippen LogP contribution in [0.5, 0.6) is 23.0 Å². The number of methoxy groups -OCH3 is 2. The zero-order valence-corrected chi connectivity index (χ0v) is 20.3. The van der Waals surface area contributed by atoms with Crippen molar-refractivity contribution in [2.24, 2.45) is 0 Å². The molecule has 1 N–H and O–H groups in total. The number of fused-ring (bicyclic) bond motifs is 3. The van der Waals surface area contributed by atoms with Crippen molar-refractivity contribution in [2.45, 2.75) is 19.1 Å². The molecule has 0 unspecified atom stereocenters. The van der Waals surface area contributed by atoms with Gasteiger partial charge in [-0.1, -0.05) is 36.4 Å². The van der Waals surface area contributed by atoms with E-state index in [2.05, 4.69) is 27.5 Å². The Bertz CT molecular complexity index is 1460. The molecule has 36 heavy (non-hydrogen) atoms. The molecule has 182 valence electrons. The van der Waals surface area contributed by atoms with Crippen LogP contribution < -0.4 is 24.3 Å². The normalized spacial score (nSPS) is 17.8. The standard InChI is InChI=1S/C28H26N4O4/c1-4-35-20-11-7-6-10-19(20)26-24-25(31-28-29-16-30-32(26)28)18-9-5-8-12-21(18)36-27(24)17-13-14-22(33-2)23(15-17)34-3/h5-16,26-27H,4H2,1-3H3,(H,29,30,31)/t26-,27+/m0/s1. The van der Waals surface area contributed by atoms with Crippen LogP contribution in [0, 0.1) is 0 Å². The fourth-order valence-corrected chi connectivity index (χ4v) is 5.00. The van der Waals surface area contributed by atoms with Crippen LogP contribution in [0.15, 0.2) is 78.6 Å². The number of nitrogens with one attached hydrogen (secondary N) is 1. The molecule has 0 saturated carbocycles. The van der Waals surface area contributed by atoms with Crippen LogP contribution in [0.2, 0.25) is 0 Å². The van der Waals surface area contributed by atoms with Gasteiger partial charge in [0.2, 0.25) is 5.95 Å². The topological polar surface area (TPSA) is 79.7 Å². The van der Waals surface area contributed by atoms with E-state index in [4.69, 9.17) is 18.9 Å². The first kappa shape index (κ1) is 22.0. The van der Waals surface area contributed by atoms with E-state index in [0.29, 0.717) is 24.1 Å². The van der Waals surface area contributed by atoms with Crippen molar-refractivity contribution < 1.29 is 18.9 Å². The van der Waals surface area contributed by atoms with E-state index in [9.17, 15) is 0 Å². The highest BCUT2D eigenvalue weighted by molar-refractivity contribution is 5.85. The van der Waals surface area contributed by atoms with Crippen LogP contribution in [-0.4, -0.2) is 35.6 Å². The zero-order valence-electron chi connectivity index (χ0n) is 20.3. The Balaban J connectivity index is 1.61. The lowest BCUT2D eigenvalue weighted by molar-refractivity contribution is 0.221. The fraction of sp³-hybridized carbons (Fsp3) is 0.214. The van der Waals surface area contributed by atoms with Crippen LogP contribution >= 0.6 is 0 Å². The molecule has 4 aromatic rings. The average Bonchev–Trinajstić information content (AvgIpc) is 3.40. The summed E-state index contributed by atoms with van der Waals surface area (Å²) in [6.07, 6.45) is 1.13. The second-order valence-electron chi connectivity index (χ2n) is 8.47. The summed E-state index contributed by atoms with van der Waals surface area (Å²) in [5.74, 6) is 3.53. The Morgan fingerprint density at radius 3 is 2.58 bits per heavy atom. The molecule has 0 radical (unpaired) electrons. The van der Waals surface area contributed by atoms with Gasteiger partial charge in [0.1, 0.15) is 30.0 Å². The molecule has 0 spiro atoms. The second kappa shape index (κ2) is 8.96. The van der Waals surface area contributed by atoms with E-state index in [1.54, 1.807) is 20.5 Å². The lowest BCUT2D eigenvalue weighted by Gasteiger charge is -2.39. The summed E-state index contributed by atoms with van der Waals surface area (Å²) in [7, 11) is 3.26. The van der Waals surface area contributed by atoms with Gasteiger partial charge in [0.15, 0.2) is 11.5 Å². The molecule has 0 aliphatic carbocycles.